The van der Waals surface area contributed by atoms with Crippen LogP contribution in [0.5, 0.6) is 0 Å². The number of aromatic nitrogens is 1. The van der Waals surface area contributed by atoms with Crippen molar-refractivity contribution in [1.82, 2.24) is 10.3 Å². The zero-order valence-corrected chi connectivity index (χ0v) is 11.9. The molecule has 19 heavy (non-hydrogen) atoms. The Morgan fingerprint density at radius 3 is 2.84 bits per heavy atom. The van der Waals surface area contributed by atoms with Crippen molar-refractivity contribution >= 4 is 11.8 Å². The smallest absolute Gasteiger partial charge is 0.0293 e. The van der Waals surface area contributed by atoms with Crippen molar-refractivity contribution in [2.24, 2.45) is 0 Å². The van der Waals surface area contributed by atoms with E-state index in [0.29, 0.717) is 11.3 Å². The fraction of sp³-hybridized carbons (Fsp3) is 0.312. The van der Waals surface area contributed by atoms with Crippen molar-refractivity contribution in [2.75, 3.05) is 6.54 Å². The molecular formula is C16H18N2S. The number of hydrogen-bond donors (Lipinski definition) is 1. The second-order valence-electron chi connectivity index (χ2n) is 4.96. The lowest BCUT2D eigenvalue weighted by Gasteiger charge is -2.16. The van der Waals surface area contributed by atoms with E-state index in [4.69, 9.17) is 0 Å². The molecule has 3 rings (SSSR count). The van der Waals surface area contributed by atoms with E-state index in [2.05, 4.69) is 53.6 Å². The van der Waals surface area contributed by atoms with Crippen LogP contribution in [0.3, 0.4) is 0 Å². The first-order valence-electron chi connectivity index (χ1n) is 6.71. The van der Waals surface area contributed by atoms with Gasteiger partial charge in [-0.3, -0.25) is 4.98 Å². The molecule has 3 heteroatoms. The molecule has 0 radical (unpaired) electrons. The molecule has 0 amide bonds. The van der Waals surface area contributed by atoms with E-state index < -0.39 is 0 Å². The molecular weight excluding hydrogens is 252 g/mol. The van der Waals surface area contributed by atoms with Crippen LogP contribution in [0.2, 0.25) is 0 Å². The van der Waals surface area contributed by atoms with E-state index in [0.717, 1.165) is 6.54 Å². The molecule has 2 nitrogen and oxygen atoms in total. The lowest BCUT2D eigenvalue weighted by molar-refractivity contribution is 0.566. The molecule has 0 saturated heterocycles. The number of hydrogen-bond acceptors (Lipinski definition) is 3. The number of rotatable bonds is 4. The SMILES string of the molecule is CC(NCC1Cc2ccccc2S1)c1ccncc1. The molecule has 0 aliphatic carbocycles. The molecule has 98 valence electrons. The van der Waals surface area contributed by atoms with Crippen LogP contribution in [0, 0.1) is 0 Å². The molecule has 0 fully saturated rings. The number of fused-ring (bicyclic) bond motifs is 1. The van der Waals surface area contributed by atoms with Crippen LogP contribution in [-0.2, 0) is 6.42 Å². The molecule has 0 saturated carbocycles. The molecule has 1 aliphatic heterocycles. The van der Waals surface area contributed by atoms with Gasteiger partial charge in [0.05, 0.1) is 0 Å². The summed E-state index contributed by atoms with van der Waals surface area (Å²) in [5.74, 6) is 0. The predicted octanol–water partition coefficient (Wildman–Crippen LogP) is 3.45. The molecule has 0 spiro atoms. The largest absolute Gasteiger partial charge is 0.309 e. The van der Waals surface area contributed by atoms with Crippen molar-refractivity contribution < 1.29 is 0 Å². The highest BCUT2D eigenvalue weighted by atomic mass is 32.2. The first kappa shape index (κ1) is 12.7. The number of benzene rings is 1. The first-order valence-corrected chi connectivity index (χ1v) is 7.59. The monoisotopic (exact) mass is 270 g/mol. The van der Waals surface area contributed by atoms with Gasteiger partial charge in [-0.1, -0.05) is 18.2 Å². The van der Waals surface area contributed by atoms with Gasteiger partial charge in [0.25, 0.3) is 0 Å². The zero-order chi connectivity index (χ0) is 13.1. The lowest BCUT2D eigenvalue weighted by atomic mass is 10.1. The average molecular weight is 270 g/mol. The van der Waals surface area contributed by atoms with E-state index in [1.807, 2.05) is 24.2 Å². The fourth-order valence-corrected chi connectivity index (χ4v) is 3.71. The number of pyridine rings is 1. The average Bonchev–Trinajstić information content (AvgIpc) is 2.88. The topological polar surface area (TPSA) is 24.9 Å². The van der Waals surface area contributed by atoms with Gasteiger partial charge in [-0.25, -0.2) is 0 Å². The standard InChI is InChI=1S/C16H18N2S/c1-12(13-6-8-17-9-7-13)18-11-15-10-14-4-2-3-5-16(14)19-15/h2-9,12,15,18H,10-11H2,1H3. The Hall–Kier alpha value is -1.32. The minimum Gasteiger partial charge on any atom is -0.309 e. The minimum atomic E-state index is 0.382. The Kier molecular flexibility index (Phi) is 3.85. The van der Waals surface area contributed by atoms with Gasteiger partial charge in [0, 0.05) is 35.1 Å². The third-order valence-electron chi connectivity index (χ3n) is 3.57. The maximum absolute atomic E-state index is 4.06. The van der Waals surface area contributed by atoms with Crippen LogP contribution >= 0.6 is 11.8 Å². The predicted molar refractivity (Wildman–Crippen MR) is 80.4 cm³/mol. The van der Waals surface area contributed by atoms with Crippen LogP contribution in [0.15, 0.2) is 53.7 Å². The molecule has 1 aromatic carbocycles. The maximum atomic E-state index is 4.06. The molecule has 2 heterocycles. The van der Waals surface area contributed by atoms with Gasteiger partial charge in [0.15, 0.2) is 0 Å². The second kappa shape index (κ2) is 5.76. The highest BCUT2D eigenvalue weighted by molar-refractivity contribution is 8.00. The van der Waals surface area contributed by atoms with Crippen LogP contribution < -0.4 is 5.32 Å². The van der Waals surface area contributed by atoms with Gasteiger partial charge in [-0.2, -0.15) is 0 Å². The molecule has 0 bridgehead atoms. The summed E-state index contributed by atoms with van der Waals surface area (Å²) < 4.78 is 0. The Morgan fingerprint density at radius 2 is 2.05 bits per heavy atom. The van der Waals surface area contributed by atoms with E-state index >= 15 is 0 Å². The van der Waals surface area contributed by atoms with Gasteiger partial charge < -0.3 is 5.32 Å². The van der Waals surface area contributed by atoms with Crippen LogP contribution in [-0.4, -0.2) is 16.8 Å². The van der Waals surface area contributed by atoms with E-state index in [1.54, 1.807) is 0 Å². The van der Waals surface area contributed by atoms with Gasteiger partial charge in [-0.05, 0) is 42.7 Å². The molecule has 2 unspecified atom stereocenters. The third-order valence-corrected chi connectivity index (χ3v) is 4.89. The zero-order valence-electron chi connectivity index (χ0n) is 11.0. The minimum absolute atomic E-state index is 0.382. The number of thioether (sulfide) groups is 1. The molecule has 1 aliphatic rings. The van der Waals surface area contributed by atoms with E-state index in [-0.39, 0.29) is 0 Å². The van der Waals surface area contributed by atoms with Crippen LogP contribution in [0.4, 0.5) is 0 Å². The van der Waals surface area contributed by atoms with Crippen LogP contribution in [0.25, 0.3) is 0 Å². The van der Waals surface area contributed by atoms with Crippen molar-refractivity contribution in [3.05, 3.63) is 59.9 Å². The summed E-state index contributed by atoms with van der Waals surface area (Å²) in [6.45, 7) is 3.25. The summed E-state index contributed by atoms with van der Waals surface area (Å²) in [5, 5.41) is 4.28. The lowest BCUT2D eigenvalue weighted by Crippen LogP contribution is -2.27. The van der Waals surface area contributed by atoms with Crippen molar-refractivity contribution in [3.8, 4) is 0 Å². The number of nitrogens with zero attached hydrogens (tertiary/aromatic N) is 1. The normalized spacial score (nSPS) is 19.1. The van der Waals surface area contributed by atoms with Crippen molar-refractivity contribution in [3.63, 3.8) is 0 Å². The summed E-state index contributed by atoms with van der Waals surface area (Å²) in [7, 11) is 0. The number of nitrogens with one attached hydrogen (secondary N) is 1. The maximum Gasteiger partial charge on any atom is 0.0293 e. The third kappa shape index (κ3) is 2.99. The van der Waals surface area contributed by atoms with Crippen molar-refractivity contribution in [2.45, 2.75) is 29.5 Å². The Morgan fingerprint density at radius 1 is 1.26 bits per heavy atom. The summed E-state index contributed by atoms with van der Waals surface area (Å²) in [6.07, 6.45) is 4.89. The fourth-order valence-electron chi connectivity index (χ4n) is 2.45. The molecule has 1 aromatic heterocycles. The summed E-state index contributed by atoms with van der Waals surface area (Å²) in [4.78, 5) is 5.51. The summed E-state index contributed by atoms with van der Waals surface area (Å²) in [6, 6.07) is 13.3. The van der Waals surface area contributed by atoms with Crippen molar-refractivity contribution in [1.29, 1.82) is 0 Å². The molecule has 2 atom stereocenters. The van der Waals surface area contributed by atoms with Crippen LogP contribution in [0.1, 0.15) is 24.1 Å². The van der Waals surface area contributed by atoms with Gasteiger partial charge >= 0.3 is 0 Å². The van der Waals surface area contributed by atoms with Gasteiger partial charge in [0.1, 0.15) is 0 Å². The Labute approximate surface area is 118 Å². The molecule has 1 N–H and O–H groups in total. The first-order chi connectivity index (χ1) is 9.33. The molecule has 2 aromatic rings. The van der Waals surface area contributed by atoms with E-state index in [9.17, 15) is 0 Å². The van der Waals surface area contributed by atoms with E-state index in [1.165, 1.54) is 22.4 Å². The summed E-state index contributed by atoms with van der Waals surface area (Å²) in [5.41, 5.74) is 2.80. The summed E-state index contributed by atoms with van der Waals surface area (Å²) >= 11 is 2.00. The quantitative estimate of drug-likeness (QED) is 0.921. The second-order valence-corrected chi connectivity index (χ2v) is 6.30. The highest BCUT2D eigenvalue weighted by Crippen LogP contribution is 2.36. The highest BCUT2D eigenvalue weighted by Gasteiger charge is 2.21. The van der Waals surface area contributed by atoms with Gasteiger partial charge in [0.2, 0.25) is 0 Å². The Bertz CT molecular complexity index is 516. The van der Waals surface area contributed by atoms with Gasteiger partial charge in [-0.15, -0.1) is 11.8 Å². The Balaban J connectivity index is 1.55.